The maximum atomic E-state index is 11.0. The van der Waals surface area contributed by atoms with Crippen molar-refractivity contribution in [1.82, 2.24) is 0 Å². The van der Waals surface area contributed by atoms with Gasteiger partial charge in [0, 0.05) is 12.0 Å². The highest BCUT2D eigenvalue weighted by atomic mass is 16.7. The number of carboxylic acid groups (broad SMARTS) is 1. The molecule has 4 heteroatoms. The molecular weight excluding hydrogens is 256 g/mol. The minimum atomic E-state index is -1.18. The van der Waals surface area contributed by atoms with Gasteiger partial charge in [0.15, 0.2) is 5.78 Å². The van der Waals surface area contributed by atoms with Crippen LogP contribution in [0.25, 0.3) is 0 Å². The molecule has 0 aliphatic carbocycles. The molecule has 0 fully saturated rings. The van der Waals surface area contributed by atoms with E-state index in [1.54, 1.807) is 0 Å². The fourth-order valence-electron chi connectivity index (χ4n) is 1.48. The molecule has 1 N–H and O–H groups in total. The van der Waals surface area contributed by atoms with Gasteiger partial charge in [0.05, 0.1) is 6.61 Å². The Morgan fingerprint density at radius 1 is 1.20 bits per heavy atom. The van der Waals surface area contributed by atoms with Crippen LogP contribution in [0.2, 0.25) is 0 Å². The Hall–Kier alpha value is -1.84. The first-order valence-electron chi connectivity index (χ1n) is 6.91. The van der Waals surface area contributed by atoms with E-state index in [4.69, 9.17) is 5.11 Å². The molecule has 0 spiro atoms. The number of benzene rings is 1. The van der Waals surface area contributed by atoms with Gasteiger partial charge >= 0.3 is 6.16 Å². The lowest BCUT2D eigenvalue weighted by atomic mass is 10.1. The first kappa shape index (κ1) is 18.2. The lowest BCUT2D eigenvalue weighted by Gasteiger charge is -2.02. The van der Waals surface area contributed by atoms with Gasteiger partial charge in [-0.05, 0) is 18.8 Å². The zero-order valence-corrected chi connectivity index (χ0v) is 12.5. The van der Waals surface area contributed by atoms with Crippen molar-refractivity contribution in [3.8, 4) is 0 Å². The Morgan fingerprint density at radius 2 is 1.80 bits per heavy atom. The molecule has 0 unspecified atom stereocenters. The molecule has 1 aromatic rings. The molecule has 0 aromatic heterocycles. The highest BCUT2D eigenvalue weighted by molar-refractivity contribution is 5.95. The molecule has 0 atom stereocenters. The molecule has 20 heavy (non-hydrogen) atoms. The smallest absolute Gasteiger partial charge is 0.450 e. The molecule has 0 amide bonds. The van der Waals surface area contributed by atoms with Crippen molar-refractivity contribution in [2.75, 3.05) is 6.61 Å². The minimum Gasteiger partial charge on any atom is -0.450 e. The largest absolute Gasteiger partial charge is 0.505 e. The van der Waals surface area contributed by atoms with Crippen LogP contribution in [-0.2, 0) is 4.74 Å². The van der Waals surface area contributed by atoms with Crippen molar-refractivity contribution in [3.63, 3.8) is 0 Å². The highest BCUT2D eigenvalue weighted by Gasteiger charge is 1.98. The molecule has 0 radical (unpaired) electrons. The van der Waals surface area contributed by atoms with Crippen LogP contribution >= 0.6 is 0 Å². The van der Waals surface area contributed by atoms with Crippen molar-refractivity contribution < 1.29 is 19.4 Å². The van der Waals surface area contributed by atoms with Crippen LogP contribution in [0.5, 0.6) is 0 Å². The molecule has 0 heterocycles. The zero-order valence-electron chi connectivity index (χ0n) is 12.5. The normalized spacial score (nSPS) is 9.60. The summed E-state index contributed by atoms with van der Waals surface area (Å²) in [4.78, 5) is 20.8. The molecule has 1 rings (SSSR count). The number of carbonyl (C=O) groups is 2. The predicted molar refractivity (Wildman–Crippen MR) is 79.1 cm³/mol. The van der Waals surface area contributed by atoms with Crippen LogP contribution in [0.1, 0.15) is 50.4 Å². The van der Waals surface area contributed by atoms with Crippen molar-refractivity contribution in [2.45, 2.75) is 40.0 Å². The van der Waals surface area contributed by atoms with E-state index in [0.29, 0.717) is 18.9 Å². The Kier molecular flexibility index (Phi) is 10.0. The third kappa shape index (κ3) is 10.1. The first-order valence-corrected chi connectivity index (χ1v) is 6.91. The first-order chi connectivity index (χ1) is 9.47. The average molecular weight is 280 g/mol. The van der Waals surface area contributed by atoms with E-state index in [1.807, 2.05) is 37.3 Å². The van der Waals surface area contributed by atoms with Crippen molar-refractivity contribution >= 4 is 11.9 Å². The van der Waals surface area contributed by atoms with Gasteiger partial charge in [-0.25, -0.2) is 4.79 Å². The highest BCUT2D eigenvalue weighted by Crippen LogP contribution is 2.03. The fourth-order valence-corrected chi connectivity index (χ4v) is 1.48. The van der Waals surface area contributed by atoms with E-state index in [9.17, 15) is 9.59 Å². The maximum absolute atomic E-state index is 11.0. The van der Waals surface area contributed by atoms with Gasteiger partial charge in [-0.15, -0.1) is 0 Å². The summed E-state index contributed by atoms with van der Waals surface area (Å²) >= 11 is 0. The summed E-state index contributed by atoms with van der Waals surface area (Å²) in [5.41, 5.74) is 0.810. The quantitative estimate of drug-likeness (QED) is 0.476. The van der Waals surface area contributed by atoms with Gasteiger partial charge < -0.3 is 9.84 Å². The second kappa shape index (κ2) is 11.0. The van der Waals surface area contributed by atoms with Crippen LogP contribution in [0.15, 0.2) is 30.3 Å². The molecule has 0 aliphatic rings. The van der Waals surface area contributed by atoms with Crippen LogP contribution < -0.4 is 0 Å². The van der Waals surface area contributed by atoms with Crippen LogP contribution in [0.4, 0.5) is 4.79 Å². The topological polar surface area (TPSA) is 63.6 Å². The maximum Gasteiger partial charge on any atom is 0.505 e. The summed E-state index contributed by atoms with van der Waals surface area (Å²) in [7, 11) is 0. The van der Waals surface area contributed by atoms with Crippen LogP contribution in [-0.4, -0.2) is 23.7 Å². The van der Waals surface area contributed by atoms with E-state index < -0.39 is 6.16 Å². The molecule has 4 nitrogen and oxygen atoms in total. The summed E-state index contributed by atoms with van der Waals surface area (Å²) in [6, 6.07) is 9.34. The Labute approximate surface area is 120 Å². The molecular formula is C16H24O4. The lowest BCUT2D eigenvalue weighted by molar-refractivity contribution is 0.0891. The minimum absolute atomic E-state index is 0.209. The Bertz CT molecular complexity index is 385. The Morgan fingerprint density at radius 3 is 2.25 bits per heavy atom. The van der Waals surface area contributed by atoms with E-state index in [0.717, 1.165) is 18.4 Å². The second-order valence-corrected chi connectivity index (χ2v) is 4.79. The van der Waals surface area contributed by atoms with E-state index in [-0.39, 0.29) is 5.78 Å². The van der Waals surface area contributed by atoms with Gasteiger partial charge in [0.1, 0.15) is 0 Å². The molecule has 0 bridgehead atoms. The molecule has 0 aliphatic heterocycles. The molecule has 112 valence electrons. The summed E-state index contributed by atoms with van der Waals surface area (Å²) in [5, 5.41) is 8.06. The standard InChI is InChI=1S/C9H10O.C7H14O3/c1-2-9(10)8-6-4-3-5-7-8;1-6(2)4-3-5-10-7(8)9/h3-7H,2H2,1H3;6H,3-5H2,1-2H3,(H,8,9). The SMILES string of the molecule is CC(C)CCCOC(=O)O.CCC(=O)c1ccccc1. The number of ketones is 1. The van der Waals surface area contributed by atoms with Crippen LogP contribution in [0.3, 0.4) is 0 Å². The van der Waals surface area contributed by atoms with Gasteiger partial charge in [0.2, 0.25) is 0 Å². The van der Waals surface area contributed by atoms with E-state index in [1.165, 1.54) is 0 Å². The summed E-state index contributed by atoms with van der Waals surface area (Å²) in [6.07, 6.45) is 1.25. The third-order valence-corrected chi connectivity index (χ3v) is 2.57. The predicted octanol–water partition coefficient (Wildman–Crippen LogP) is 4.40. The molecule has 1 aromatic carbocycles. The fraction of sp³-hybridized carbons (Fsp3) is 0.500. The number of ether oxygens (including phenoxy) is 1. The number of Topliss-reactive ketones (excluding diaryl/α,β-unsaturated/α-hetero) is 1. The van der Waals surface area contributed by atoms with E-state index >= 15 is 0 Å². The van der Waals surface area contributed by atoms with Gasteiger partial charge in [-0.3, -0.25) is 4.79 Å². The second-order valence-electron chi connectivity index (χ2n) is 4.79. The van der Waals surface area contributed by atoms with Crippen molar-refractivity contribution in [1.29, 1.82) is 0 Å². The summed E-state index contributed by atoms with van der Waals surface area (Å²) in [6.45, 7) is 6.39. The monoisotopic (exact) mass is 280 g/mol. The summed E-state index contributed by atoms with van der Waals surface area (Å²) in [5.74, 6) is 0.831. The summed E-state index contributed by atoms with van der Waals surface area (Å²) < 4.78 is 4.31. The van der Waals surface area contributed by atoms with E-state index in [2.05, 4.69) is 18.6 Å². The van der Waals surface area contributed by atoms with Gasteiger partial charge in [-0.1, -0.05) is 51.1 Å². The van der Waals surface area contributed by atoms with Gasteiger partial charge in [-0.2, -0.15) is 0 Å². The number of hydrogen-bond donors (Lipinski definition) is 1. The Balaban J connectivity index is 0.000000361. The molecule has 0 saturated carbocycles. The average Bonchev–Trinajstić information content (AvgIpc) is 2.44. The number of carbonyl (C=O) groups excluding carboxylic acids is 1. The van der Waals surface area contributed by atoms with Crippen molar-refractivity contribution in [3.05, 3.63) is 35.9 Å². The zero-order chi connectivity index (χ0) is 15.4. The third-order valence-electron chi connectivity index (χ3n) is 2.57. The number of rotatable bonds is 6. The lowest BCUT2D eigenvalue weighted by Crippen LogP contribution is -2.02. The molecule has 0 saturated heterocycles. The van der Waals surface area contributed by atoms with Crippen molar-refractivity contribution in [2.24, 2.45) is 5.92 Å². The number of hydrogen-bond acceptors (Lipinski definition) is 3. The van der Waals surface area contributed by atoms with Gasteiger partial charge in [0.25, 0.3) is 0 Å². The van der Waals surface area contributed by atoms with Crippen LogP contribution in [0, 0.1) is 5.92 Å².